The predicted octanol–water partition coefficient (Wildman–Crippen LogP) is 0.362. The molecule has 0 nitrogen and oxygen atoms in total. The van der Waals surface area contributed by atoms with E-state index in [9.17, 15) is 0 Å². The Morgan fingerprint density at radius 2 is 1.00 bits per heavy atom. The zero-order valence-corrected chi connectivity index (χ0v) is 22.9. The van der Waals surface area contributed by atoms with Gasteiger partial charge in [-0.2, -0.15) is 12.2 Å². The van der Waals surface area contributed by atoms with E-state index in [2.05, 4.69) is 98.1 Å². The molecule has 1 radical (unpaired) electrons. The first-order valence-corrected chi connectivity index (χ1v) is 12.0. The average Bonchev–Trinajstić information content (AvgIpc) is 3.39. The van der Waals surface area contributed by atoms with Gasteiger partial charge in [0.2, 0.25) is 0 Å². The molecule has 2 aliphatic rings. The van der Waals surface area contributed by atoms with Crippen molar-refractivity contribution in [3.8, 4) is 0 Å². The minimum Gasteiger partial charge on any atom is -1.00 e. The van der Waals surface area contributed by atoms with Gasteiger partial charge < -0.3 is 24.8 Å². The first-order valence-electron chi connectivity index (χ1n) is 9.66. The molecule has 30 heavy (non-hydrogen) atoms. The molecule has 0 fully saturated rings. The van der Waals surface area contributed by atoms with Gasteiger partial charge in [0.15, 0.2) is 0 Å². The van der Waals surface area contributed by atoms with Crippen LogP contribution in [0.25, 0.3) is 0 Å². The number of benzene rings is 2. The normalized spacial score (nSPS) is 12.5. The molecule has 0 N–H and O–H groups in total. The second-order valence-corrected chi connectivity index (χ2v) is 7.67. The first kappa shape index (κ1) is 31.3. The summed E-state index contributed by atoms with van der Waals surface area (Å²) in [5.74, 6) is 0. The molecule has 0 heterocycles. The number of allylic oxidation sites excluding steroid dienone is 8. The Morgan fingerprint density at radius 3 is 1.27 bits per heavy atom. The monoisotopic (exact) mass is 529 g/mol. The van der Waals surface area contributed by atoms with Crippen molar-refractivity contribution in [2.75, 3.05) is 0 Å². The molecule has 0 saturated heterocycles. The maximum atomic E-state index is 3.31. The van der Waals surface area contributed by atoms with Crippen LogP contribution in [0.1, 0.15) is 24.0 Å². The minimum absolute atomic E-state index is 0. The Balaban J connectivity index is 0. The van der Waals surface area contributed by atoms with Gasteiger partial charge in [-0.1, -0.05) is 73.8 Å². The van der Waals surface area contributed by atoms with Crippen molar-refractivity contribution in [3.05, 3.63) is 119 Å². The summed E-state index contributed by atoms with van der Waals surface area (Å²) < 4.78 is 0. The summed E-state index contributed by atoms with van der Waals surface area (Å²) in [6.45, 7) is 4.42. The quantitative estimate of drug-likeness (QED) is 0.395. The van der Waals surface area contributed by atoms with Gasteiger partial charge in [-0.15, -0.1) is 12.8 Å². The van der Waals surface area contributed by atoms with Gasteiger partial charge in [0.25, 0.3) is 0 Å². The molecule has 0 unspecified atom stereocenters. The van der Waals surface area contributed by atoms with E-state index in [0.29, 0.717) is 0 Å². The van der Waals surface area contributed by atoms with E-state index in [0.717, 1.165) is 35.2 Å². The Kier molecular flexibility index (Phi) is 20.9. The maximum absolute atomic E-state index is 3.31. The zero-order chi connectivity index (χ0) is 19.2. The van der Waals surface area contributed by atoms with Gasteiger partial charge in [0, 0.05) is 9.52 Å². The van der Waals surface area contributed by atoms with E-state index >= 15 is 0 Å². The zero-order valence-electron chi connectivity index (χ0n) is 17.7. The fourth-order valence-corrected chi connectivity index (χ4v) is 2.77. The van der Waals surface area contributed by atoms with Gasteiger partial charge in [0.05, 0.1) is 0 Å². The molecule has 4 rings (SSSR count). The summed E-state index contributed by atoms with van der Waals surface area (Å²) >= 11 is 0. The van der Waals surface area contributed by atoms with Crippen molar-refractivity contribution in [2.24, 2.45) is 0 Å². The molecular weight excluding hydrogens is 503 g/mol. The van der Waals surface area contributed by atoms with E-state index in [4.69, 9.17) is 0 Å². The number of hydrogen-bond donors (Lipinski definition) is 0. The number of rotatable bonds is 4. The Morgan fingerprint density at radius 1 is 0.667 bits per heavy atom. The van der Waals surface area contributed by atoms with E-state index in [1.165, 1.54) is 22.3 Å². The molecule has 2 aromatic rings. The molecular formula is C26H29Cl2SiZr. The number of hydrogen-bond acceptors (Lipinski definition) is 0. The second kappa shape index (κ2) is 20.0. The molecule has 155 valence electrons. The van der Waals surface area contributed by atoms with Crippen LogP contribution < -0.4 is 24.8 Å². The van der Waals surface area contributed by atoms with Gasteiger partial charge >= 0.3 is 26.2 Å². The molecule has 2 aliphatic carbocycles. The van der Waals surface area contributed by atoms with Crippen LogP contribution >= 0.6 is 0 Å². The Bertz CT molecular complexity index is 714. The summed E-state index contributed by atoms with van der Waals surface area (Å²) in [7, 11) is 0.750. The molecule has 0 aromatic heterocycles. The maximum Gasteiger partial charge on any atom is 4.00 e. The summed E-state index contributed by atoms with van der Waals surface area (Å²) in [6.07, 6.45) is 19.3. The van der Waals surface area contributed by atoms with Crippen molar-refractivity contribution in [1.82, 2.24) is 0 Å². The van der Waals surface area contributed by atoms with Crippen LogP contribution in [-0.2, 0) is 39.0 Å². The van der Waals surface area contributed by atoms with Crippen molar-refractivity contribution < 1.29 is 51.0 Å². The van der Waals surface area contributed by atoms with Gasteiger partial charge in [-0.3, -0.25) is 12.2 Å². The van der Waals surface area contributed by atoms with Crippen LogP contribution in [0, 0.1) is 12.2 Å². The van der Waals surface area contributed by atoms with Crippen LogP contribution in [0.2, 0.25) is 13.1 Å². The van der Waals surface area contributed by atoms with E-state index in [1.807, 2.05) is 12.1 Å². The van der Waals surface area contributed by atoms with Gasteiger partial charge in [-0.25, -0.2) is 23.3 Å². The van der Waals surface area contributed by atoms with Crippen LogP contribution in [-0.4, -0.2) is 9.52 Å². The molecule has 0 amide bonds. The fourth-order valence-electron chi connectivity index (χ4n) is 2.77. The largest absolute Gasteiger partial charge is 4.00 e. The second-order valence-electron chi connectivity index (χ2n) is 6.52. The fraction of sp³-hybridized carbons (Fsp3) is 0.231. The van der Waals surface area contributed by atoms with Crippen LogP contribution in [0.3, 0.4) is 0 Å². The standard InChI is InChI=1S/2C12H11.C2H7Si.2ClH.Zr/c2*1-2-6-11(7-3-1)10-12-8-4-5-9-12;1-3-2;;;/h2*1-4,6-8H,5,10H2;3H,1-2H3;2*1H;/q2*-1;;;;+4/p-2. The summed E-state index contributed by atoms with van der Waals surface area (Å²) in [5, 5.41) is 0. The molecule has 0 spiro atoms. The molecule has 0 bridgehead atoms. The molecule has 4 heteroatoms. The van der Waals surface area contributed by atoms with E-state index in [-0.39, 0.29) is 51.0 Å². The summed E-state index contributed by atoms with van der Waals surface area (Å²) in [4.78, 5) is 0. The first-order chi connectivity index (χ1) is 13.3. The molecule has 0 atom stereocenters. The van der Waals surface area contributed by atoms with Crippen molar-refractivity contribution >= 4 is 9.52 Å². The van der Waals surface area contributed by atoms with E-state index < -0.39 is 0 Å². The van der Waals surface area contributed by atoms with Gasteiger partial charge in [-0.05, 0) is 24.0 Å². The van der Waals surface area contributed by atoms with Crippen molar-refractivity contribution in [3.63, 3.8) is 0 Å². The molecule has 0 aliphatic heterocycles. The van der Waals surface area contributed by atoms with Gasteiger partial charge in [0.1, 0.15) is 0 Å². The number of halogens is 2. The third-order valence-electron chi connectivity index (χ3n) is 4.01. The SMILES string of the molecule is C[SiH]C.[C-]1=C(Cc2ccccc2)C=CC1.[C-]1=C(Cc2ccccc2)C=CC1.[Cl-].[Cl-].[Zr+4]. The summed E-state index contributed by atoms with van der Waals surface area (Å²) in [6, 6.07) is 21.0. The van der Waals surface area contributed by atoms with Crippen molar-refractivity contribution in [1.29, 1.82) is 0 Å². The Hall–Kier alpha value is -0.920. The van der Waals surface area contributed by atoms with Crippen LogP contribution in [0.4, 0.5) is 0 Å². The third kappa shape index (κ3) is 13.4. The minimum atomic E-state index is 0. The smallest absolute Gasteiger partial charge is 1.00 e. The third-order valence-corrected chi connectivity index (χ3v) is 4.01. The van der Waals surface area contributed by atoms with Crippen molar-refractivity contribution in [2.45, 2.75) is 38.8 Å². The predicted molar refractivity (Wildman–Crippen MR) is 120 cm³/mol. The summed E-state index contributed by atoms with van der Waals surface area (Å²) in [5.41, 5.74) is 5.38. The van der Waals surface area contributed by atoms with E-state index in [1.54, 1.807) is 0 Å². The van der Waals surface area contributed by atoms with Crippen LogP contribution in [0.15, 0.2) is 96.1 Å². The topological polar surface area (TPSA) is 0 Å². The molecule has 2 aromatic carbocycles. The Labute approximate surface area is 217 Å². The average molecular weight is 532 g/mol. The van der Waals surface area contributed by atoms with Crippen LogP contribution in [0.5, 0.6) is 0 Å². The molecule has 0 saturated carbocycles.